The van der Waals surface area contributed by atoms with Crippen LogP contribution in [0.1, 0.15) is 24.0 Å². The van der Waals surface area contributed by atoms with Crippen molar-refractivity contribution in [3.05, 3.63) is 52.4 Å². The molecule has 0 atom stereocenters. The number of hydrogen-bond acceptors (Lipinski definition) is 3. The number of benzene rings is 2. The molecule has 1 aromatic heterocycles. The SMILES string of the molecule is O=Nc1c(O)[nH]c2c3c(c(-c4ccccc4)cc12)CCCC3. The van der Waals surface area contributed by atoms with Crippen LogP contribution in [0.15, 0.2) is 41.6 Å². The van der Waals surface area contributed by atoms with Gasteiger partial charge in [-0.05, 0) is 59.2 Å². The molecule has 4 rings (SSSR count). The van der Waals surface area contributed by atoms with E-state index in [4.69, 9.17) is 0 Å². The molecule has 22 heavy (non-hydrogen) atoms. The van der Waals surface area contributed by atoms with Crippen molar-refractivity contribution in [3.63, 3.8) is 0 Å². The van der Waals surface area contributed by atoms with Crippen LogP contribution in [0, 0.1) is 4.91 Å². The van der Waals surface area contributed by atoms with Crippen molar-refractivity contribution >= 4 is 16.6 Å². The van der Waals surface area contributed by atoms with Gasteiger partial charge in [0.25, 0.3) is 0 Å². The van der Waals surface area contributed by atoms with E-state index in [0.29, 0.717) is 5.39 Å². The topological polar surface area (TPSA) is 65.4 Å². The van der Waals surface area contributed by atoms with Crippen molar-refractivity contribution in [2.75, 3.05) is 0 Å². The molecule has 1 aliphatic carbocycles. The minimum absolute atomic E-state index is 0.112. The Hall–Kier alpha value is -2.62. The number of H-pyrrole nitrogens is 1. The monoisotopic (exact) mass is 292 g/mol. The van der Waals surface area contributed by atoms with Crippen molar-refractivity contribution in [1.82, 2.24) is 4.98 Å². The van der Waals surface area contributed by atoms with Crippen LogP contribution in [0.4, 0.5) is 5.69 Å². The first kappa shape index (κ1) is 13.1. The van der Waals surface area contributed by atoms with Crippen LogP contribution >= 0.6 is 0 Å². The van der Waals surface area contributed by atoms with E-state index in [0.717, 1.165) is 35.9 Å². The molecule has 1 heterocycles. The zero-order valence-electron chi connectivity index (χ0n) is 12.1. The van der Waals surface area contributed by atoms with Crippen molar-refractivity contribution in [2.24, 2.45) is 5.18 Å². The molecule has 3 aromatic rings. The molecule has 0 fully saturated rings. The number of nitrogens with zero attached hydrogens (tertiary/aromatic N) is 1. The molecule has 4 nitrogen and oxygen atoms in total. The molecule has 1 aliphatic rings. The quantitative estimate of drug-likeness (QED) is 0.665. The standard InChI is InChI=1S/C18H16N2O2/c21-18-17(20-22)15-10-14(11-6-2-1-3-7-11)12-8-4-5-9-13(12)16(15)19-18/h1-3,6-7,10,19,21H,4-5,8-9H2. The van der Waals surface area contributed by atoms with Crippen LogP contribution < -0.4 is 0 Å². The van der Waals surface area contributed by atoms with Gasteiger partial charge in [-0.15, -0.1) is 4.91 Å². The normalized spacial score (nSPS) is 14.0. The van der Waals surface area contributed by atoms with E-state index in [1.54, 1.807) is 0 Å². The zero-order valence-corrected chi connectivity index (χ0v) is 12.1. The van der Waals surface area contributed by atoms with Gasteiger partial charge in [-0.1, -0.05) is 30.3 Å². The Labute approximate surface area is 127 Å². The Bertz CT molecular complexity index is 866. The van der Waals surface area contributed by atoms with Crippen molar-refractivity contribution in [1.29, 1.82) is 0 Å². The van der Waals surface area contributed by atoms with Gasteiger partial charge in [0.1, 0.15) is 0 Å². The van der Waals surface area contributed by atoms with Gasteiger partial charge in [-0.2, -0.15) is 0 Å². The first-order chi connectivity index (χ1) is 10.8. The van der Waals surface area contributed by atoms with Gasteiger partial charge in [0.05, 0.1) is 5.52 Å². The smallest absolute Gasteiger partial charge is 0.219 e. The fourth-order valence-corrected chi connectivity index (χ4v) is 3.55. The lowest BCUT2D eigenvalue weighted by molar-refractivity contribution is 0.460. The highest BCUT2D eigenvalue weighted by molar-refractivity contribution is 6.00. The lowest BCUT2D eigenvalue weighted by Crippen LogP contribution is -2.05. The first-order valence-corrected chi connectivity index (χ1v) is 7.57. The lowest BCUT2D eigenvalue weighted by atomic mass is 9.84. The predicted octanol–water partition coefficient (Wildman–Crippen LogP) is 4.82. The molecule has 0 radical (unpaired) electrons. The van der Waals surface area contributed by atoms with Crippen LogP contribution in [0.5, 0.6) is 5.88 Å². The number of aromatic amines is 1. The minimum Gasteiger partial charge on any atom is -0.493 e. The fraction of sp³-hybridized carbons (Fsp3) is 0.222. The second-order valence-electron chi connectivity index (χ2n) is 5.79. The highest BCUT2D eigenvalue weighted by Gasteiger charge is 2.22. The molecule has 0 unspecified atom stereocenters. The Morgan fingerprint density at radius 2 is 1.77 bits per heavy atom. The molecule has 4 heteroatoms. The summed E-state index contributed by atoms with van der Waals surface area (Å²) in [5.41, 5.74) is 5.80. The molecule has 0 aliphatic heterocycles. The Morgan fingerprint density at radius 3 is 2.50 bits per heavy atom. The molecule has 0 amide bonds. The third-order valence-corrected chi connectivity index (χ3v) is 4.55. The third-order valence-electron chi connectivity index (χ3n) is 4.55. The van der Waals surface area contributed by atoms with E-state index in [2.05, 4.69) is 22.3 Å². The second kappa shape index (κ2) is 4.98. The zero-order chi connectivity index (χ0) is 15.1. The maximum Gasteiger partial charge on any atom is 0.219 e. The Kier molecular flexibility index (Phi) is 2.96. The molecule has 2 N–H and O–H groups in total. The molecular weight excluding hydrogens is 276 g/mol. The number of nitroso groups, excluding NO2 is 1. The van der Waals surface area contributed by atoms with Gasteiger partial charge < -0.3 is 10.1 Å². The van der Waals surface area contributed by atoms with E-state index in [9.17, 15) is 10.0 Å². The highest BCUT2D eigenvalue weighted by atomic mass is 16.3. The van der Waals surface area contributed by atoms with Crippen LogP contribution in [-0.2, 0) is 12.8 Å². The van der Waals surface area contributed by atoms with Gasteiger partial charge in [0, 0.05) is 5.39 Å². The van der Waals surface area contributed by atoms with E-state index < -0.39 is 0 Å². The largest absolute Gasteiger partial charge is 0.493 e. The fourth-order valence-electron chi connectivity index (χ4n) is 3.55. The average molecular weight is 292 g/mol. The summed E-state index contributed by atoms with van der Waals surface area (Å²) in [5.74, 6) is -0.136. The number of hydrogen-bond donors (Lipinski definition) is 2. The first-order valence-electron chi connectivity index (χ1n) is 7.57. The minimum atomic E-state index is -0.136. The van der Waals surface area contributed by atoms with E-state index in [1.165, 1.54) is 17.5 Å². The van der Waals surface area contributed by atoms with Crippen LogP contribution in [0.3, 0.4) is 0 Å². The van der Waals surface area contributed by atoms with E-state index in [-0.39, 0.29) is 11.6 Å². The highest BCUT2D eigenvalue weighted by Crippen LogP contribution is 2.43. The van der Waals surface area contributed by atoms with Crippen molar-refractivity contribution in [3.8, 4) is 17.0 Å². The number of rotatable bonds is 2. The lowest BCUT2D eigenvalue weighted by Gasteiger charge is -2.20. The number of nitrogens with one attached hydrogen (secondary N) is 1. The van der Waals surface area contributed by atoms with Crippen LogP contribution in [0.25, 0.3) is 22.0 Å². The van der Waals surface area contributed by atoms with E-state index in [1.807, 2.05) is 24.3 Å². The molecule has 110 valence electrons. The summed E-state index contributed by atoms with van der Waals surface area (Å²) >= 11 is 0. The van der Waals surface area contributed by atoms with Gasteiger partial charge >= 0.3 is 0 Å². The molecule has 0 bridgehead atoms. The summed E-state index contributed by atoms with van der Waals surface area (Å²) in [6, 6.07) is 12.2. The number of fused-ring (bicyclic) bond motifs is 3. The molecule has 0 saturated heterocycles. The maximum absolute atomic E-state index is 11.1. The van der Waals surface area contributed by atoms with Gasteiger partial charge in [0.15, 0.2) is 5.69 Å². The van der Waals surface area contributed by atoms with Gasteiger partial charge in [0.2, 0.25) is 5.88 Å². The van der Waals surface area contributed by atoms with Crippen molar-refractivity contribution in [2.45, 2.75) is 25.7 Å². The number of aryl methyl sites for hydroxylation is 1. The molecule has 0 spiro atoms. The summed E-state index contributed by atoms with van der Waals surface area (Å²) < 4.78 is 0. The van der Waals surface area contributed by atoms with Gasteiger partial charge in [-0.3, -0.25) is 0 Å². The van der Waals surface area contributed by atoms with Gasteiger partial charge in [-0.25, -0.2) is 0 Å². The Morgan fingerprint density at radius 1 is 1.05 bits per heavy atom. The van der Waals surface area contributed by atoms with Crippen LogP contribution in [-0.4, -0.2) is 10.1 Å². The van der Waals surface area contributed by atoms with E-state index >= 15 is 0 Å². The number of aromatic hydroxyl groups is 1. The molecule has 0 saturated carbocycles. The molecular formula is C18H16N2O2. The van der Waals surface area contributed by atoms with Crippen LogP contribution in [0.2, 0.25) is 0 Å². The second-order valence-corrected chi connectivity index (χ2v) is 5.79. The summed E-state index contributed by atoms with van der Waals surface area (Å²) in [6.45, 7) is 0. The number of aromatic nitrogens is 1. The third kappa shape index (κ3) is 1.84. The molecule has 2 aromatic carbocycles. The Balaban J connectivity index is 2.10. The summed E-state index contributed by atoms with van der Waals surface area (Å²) in [6.07, 6.45) is 4.29. The predicted molar refractivity (Wildman–Crippen MR) is 87.5 cm³/mol. The summed E-state index contributed by atoms with van der Waals surface area (Å²) in [5, 5.41) is 13.7. The summed E-state index contributed by atoms with van der Waals surface area (Å²) in [4.78, 5) is 14.0. The van der Waals surface area contributed by atoms with Crippen molar-refractivity contribution < 1.29 is 5.11 Å². The maximum atomic E-state index is 11.1. The average Bonchev–Trinajstić information content (AvgIpc) is 2.90. The summed E-state index contributed by atoms with van der Waals surface area (Å²) in [7, 11) is 0.